The number of fused-ring (bicyclic) bond motifs is 1. The van der Waals surface area contributed by atoms with Gasteiger partial charge in [0.2, 0.25) is 0 Å². The van der Waals surface area contributed by atoms with Crippen LogP contribution >= 0.6 is 22.7 Å². The molecule has 3 aromatic rings. The van der Waals surface area contributed by atoms with Crippen molar-refractivity contribution in [2.75, 3.05) is 0 Å². The van der Waals surface area contributed by atoms with Crippen LogP contribution in [0.25, 0.3) is 10.1 Å². The van der Waals surface area contributed by atoms with Crippen molar-refractivity contribution in [3.63, 3.8) is 0 Å². The fourth-order valence-corrected chi connectivity index (χ4v) is 2.78. The average molecular weight is 246 g/mol. The van der Waals surface area contributed by atoms with Crippen molar-refractivity contribution in [3.8, 4) is 5.75 Å². The highest BCUT2D eigenvalue weighted by molar-refractivity contribution is 7.17. The minimum atomic E-state index is 0.523. The predicted molar refractivity (Wildman–Crippen MR) is 67.1 cm³/mol. The third kappa shape index (κ3) is 1.81. The molecule has 16 heavy (non-hydrogen) atoms. The Morgan fingerprint density at radius 3 is 3.12 bits per heavy atom. The molecule has 0 aliphatic carbocycles. The molecule has 0 amide bonds. The Labute approximate surface area is 101 Å². The predicted octanol–water partition coefficient (Wildman–Crippen LogP) is 3.74. The maximum Gasteiger partial charge on any atom is 0.147 e. The van der Waals surface area contributed by atoms with Gasteiger partial charge in [-0.3, -0.25) is 0 Å². The average Bonchev–Trinajstić information content (AvgIpc) is 2.96. The van der Waals surface area contributed by atoms with Crippen molar-refractivity contribution in [2.24, 2.45) is 0 Å². The zero-order valence-electron chi connectivity index (χ0n) is 8.34. The van der Waals surface area contributed by atoms with Gasteiger partial charge in [0, 0.05) is 21.7 Å². The molecule has 0 saturated carbocycles. The maximum atomic E-state index is 5.71. The second-order valence-electron chi connectivity index (χ2n) is 3.24. The molecule has 0 saturated heterocycles. The van der Waals surface area contributed by atoms with Gasteiger partial charge in [-0.25, -0.2) is 4.98 Å². The van der Waals surface area contributed by atoms with Gasteiger partial charge in [0.1, 0.15) is 17.4 Å². The standard InChI is InChI=1S/C12H8NOS2/c1-2-4-11-9(3-1)10(8-16-11)14-7-12-13-5-6-15-12/h1-6H,7H2. The van der Waals surface area contributed by atoms with Crippen molar-refractivity contribution >= 4 is 32.8 Å². The van der Waals surface area contributed by atoms with Crippen LogP contribution in [0.4, 0.5) is 0 Å². The minimum Gasteiger partial charge on any atom is -0.484 e. The summed E-state index contributed by atoms with van der Waals surface area (Å²) in [6.45, 7) is 0.523. The second-order valence-corrected chi connectivity index (χ2v) is 5.07. The van der Waals surface area contributed by atoms with Gasteiger partial charge in [-0.05, 0) is 12.1 Å². The van der Waals surface area contributed by atoms with Crippen molar-refractivity contribution in [3.05, 3.63) is 46.2 Å². The molecule has 0 N–H and O–H groups in total. The summed E-state index contributed by atoms with van der Waals surface area (Å²) in [5, 5.41) is 7.24. The van der Waals surface area contributed by atoms with Crippen molar-refractivity contribution in [1.82, 2.24) is 4.98 Å². The topological polar surface area (TPSA) is 22.1 Å². The highest BCUT2D eigenvalue weighted by Crippen LogP contribution is 2.31. The van der Waals surface area contributed by atoms with E-state index in [2.05, 4.69) is 22.5 Å². The van der Waals surface area contributed by atoms with Gasteiger partial charge < -0.3 is 4.74 Å². The number of hydrogen-bond donors (Lipinski definition) is 0. The van der Waals surface area contributed by atoms with Crippen LogP contribution in [0.1, 0.15) is 5.01 Å². The molecule has 0 spiro atoms. The maximum absolute atomic E-state index is 5.71. The van der Waals surface area contributed by atoms with Gasteiger partial charge in [0.25, 0.3) is 0 Å². The van der Waals surface area contributed by atoms with E-state index in [1.165, 1.54) is 4.70 Å². The number of thiophene rings is 1. The second kappa shape index (κ2) is 4.23. The summed E-state index contributed by atoms with van der Waals surface area (Å²) in [6, 6.07) is 8.17. The number of rotatable bonds is 3. The van der Waals surface area contributed by atoms with E-state index in [9.17, 15) is 0 Å². The lowest BCUT2D eigenvalue weighted by Crippen LogP contribution is -1.93. The van der Waals surface area contributed by atoms with Crippen LogP contribution in [-0.4, -0.2) is 4.98 Å². The Balaban J connectivity index is 1.84. The van der Waals surface area contributed by atoms with Gasteiger partial charge in [-0.15, -0.1) is 22.7 Å². The monoisotopic (exact) mass is 246 g/mol. The third-order valence-corrected chi connectivity index (χ3v) is 3.83. The van der Waals surface area contributed by atoms with Gasteiger partial charge in [-0.2, -0.15) is 0 Å². The van der Waals surface area contributed by atoms with Gasteiger partial charge in [0.05, 0.1) is 5.38 Å². The molecular weight excluding hydrogens is 238 g/mol. The summed E-state index contributed by atoms with van der Waals surface area (Å²) in [5.74, 6) is 0.829. The van der Waals surface area contributed by atoms with Gasteiger partial charge in [0.15, 0.2) is 0 Å². The van der Waals surface area contributed by atoms with Crippen LogP contribution < -0.4 is 4.74 Å². The largest absolute Gasteiger partial charge is 0.484 e. The smallest absolute Gasteiger partial charge is 0.147 e. The van der Waals surface area contributed by atoms with E-state index in [-0.39, 0.29) is 0 Å². The SMILES string of the molecule is [c]1sc2ccccc2c1OCc1nccs1. The van der Waals surface area contributed by atoms with Crippen molar-refractivity contribution in [1.29, 1.82) is 0 Å². The number of nitrogens with zero attached hydrogens (tertiary/aromatic N) is 1. The van der Waals surface area contributed by atoms with E-state index >= 15 is 0 Å². The molecule has 0 aliphatic heterocycles. The third-order valence-electron chi connectivity index (χ3n) is 2.21. The van der Waals surface area contributed by atoms with Gasteiger partial charge in [-0.1, -0.05) is 12.1 Å². The van der Waals surface area contributed by atoms with Crippen LogP contribution in [-0.2, 0) is 6.61 Å². The van der Waals surface area contributed by atoms with Crippen molar-refractivity contribution < 1.29 is 4.74 Å². The van der Waals surface area contributed by atoms with E-state index in [4.69, 9.17) is 4.74 Å². The van der Waals surface area contributed by atoms with Gasteiger partial charge >= 0.3 is 0 Å². The molecule has 1 radical (unpaired) electrons. The molecule has 0 aliphatic rings. The van der Waals surface area contributed by atoms with E-state index in [1.807, 2.05) is 17.5 Å². The van der Waals surface area contributed by atoms with Crippen LogP contribution in [0.2, 0.25) is 0 Å². The Morgan fingerprint density at radius 1 is 1.31 bits per heavy atom. The van der Waals surface area contributed by atoms with E-state index < -0.39 is 0 Å². The highest BCUT2D eigenvalue weighted by atomic mass is 32.1. The number of thiazole rings is 1. The molecule has 3 rings (SSSR count). The molecule has 0 fully saturated rings. The summed E-state index contributed by atoms with van der Waals surface area (Å²) >= 11 is 3.19. The lowest BCUT2D eigenvalue weighted by molar-refractivity contribution is 0.310. The first-order valence-corrected chi connectivity index (χ1v) is 6.53. The molecule has 0 atom stereocenters. The minimum absolute atomic E-state index is 0.523. The Bertz CT molecular complexity index is 586. The Kier molecular flexibility index (Phi) is 2.60. The summed E-state index contributed by atoms with van der Waals surface area (Å²) in [5.41, 5.74) is 0. The van der Waals surface area contributed by atoms with E-state index in [0.717, 1.165) is 16.1 Å². The molecular formula is C12H8NOS2. The summed E-state index contributed by atoms with van der Waals surface area (Å²) in [4.78, 5) is 4.18. The molecule has 79 valence electrons. The molecule has 0 unspecified atom stereocenters. The Morgan fingerprint density at radius 2 is 2.25 bits per heavy atom. The zero-order chi connectivity index (χ0) is 10.8. The van der Waals surface area contributed by atoms with Crippen molar-refractivity contribution in [2.45, 2.75) is 6.61 Å². The fourth-order valence-electron chi connectivity index (χ4n) is 1.46. The van der Waals surface area contributed by atoms with Crippen LogP contribution in [0.15, 0.2) is 35.8 Å². The summed E-state index contributed by atoms with van der Waals surface area (Å²) in [7, 11) is 0. The first-order valence-electron chi connectivity index (χ1n) is 4.84. The molecule has 1 aromatic carbocycles. The lowest BCUT2D eigenvalue weighted by atomic mass is 10.2. The zero-order valence-corrected chi connectivity index (χ0v) is 9.98. The Hall–Kier alpha value is -1.39. The first-order chi connectivity index (χ1) is 7.93. The quantitative estimate of drug-likeness (QED) is 0.702. The van der Waals surface area contributed by atoms with E-state index in [1.54, 1.807) is 28.9 Å². The molecule has 2 heterocycles. The molecule has 2 aromatic heterocycles. The number of hydrogen-bond acceptors (Lipinski definition) is 4. The van der Waals surface area contributed by atoms with Crippen LogP contribution in [0.5, 0.6) is 5.75 Å². The highest BCUT2D eigenvalue weighted by Gasteiger charge is 2.05. The van der Waals surface area contributed by atoms with Crippen LogP contribution in [0, 0.1) is 5.38 Å². The number of ether oxygens (including phenoxy) is 1. The number of benzene rings is 1. The van der Waals surface area contributed by atoms with Crippen LogP contribution in [0.3, 0.4) is 0 Å². The number of aromatic nitrogens is 1. The first kappa shape index (κ1) is 9.81. The fraction of sp³-hybridized carbons (Fsp3) is 0.0833. The normalized spacial score (nSPS) is 10.8. The summed E-state index contributed by atoms with van der Waals surface area (Å²) in [6.07, 6.45) is 1.79. The lowest BCUT2D eigenvalue weighted by Gasteiger charge is -2.01. The molecule has 2 nitrogen and oxygen atoms in total. The van der Waals surface area contributed by atoms with E-state index in [0.29, 0.717) is 6.61 Å². The molecule has 0 bridgehead atoms. The summed E-state index contributed by atoms with van der Waals surface area (Å²) < 4.78 is 6.91. The molecule has 4 heteroatoms.